The van der Waals surface area contributed by atoms with Crippen LogP contribution in [0.5, 0.6) is 0 Å². The predicted molar refractivity (Wildman–Crippen MR) is 50.3 cm³/mol. The zero-order chi connectivity index (χ0) is 12.0. The molecule has 0 spiro atoms. The van der Waals surface area contributed by atoms with Gasteiger partial charge in [-0.15, -0.1) is 0 Å². The number of β-amino-alcohol motifs (C(OH)–C–C–N with tert-alkyl or cyclic N) is 1. The molecule has 1 aliphatic rings. The molecule has 0 aliphatic carbocycles. The standard InChI is InChI=1S/C8H7ClF3N3O/c9-5-1-6(14-4-13-5)15-2-7(16,3-15)8(10,11)12/h1,4,16H,2-3H2. The Balaban J connectivity index is 2.09. The Labute approximate surface area is 93.7 Å². The zero-order valence-corrected chi connectivity index (χ0v) is 8.63. The summed E-state index contributed by atoms with van der Waals surface area (Å²) in [6.45, 7) is -1.08. The summed E-state index contributed by atoms with van der Waals surface area (Å²) >= 11 is 5.57. The first-order chi connectivity index (χ1) is 7.32. The van der Waals surface area contributed by atoms with Crippen LogP contribution in [-0.2, 0) is 0 Å². The van der Waals surface area contributed by atoms with Gasteiger partial charge in [-0.1, -0.05) is 11.6 Å². The molecule has 88 valence electrons. The van der Waals surface area contributed by atoms with Gasteiger partial charge >= 0.3 is 6.18 Å². The molecule has 1 aromatic heterocycles. The van der Waals surface area contributed by atoms with E-state index in [0.717, 1.165) is 6.33 Å². The SMILES string of the molecule is OC1(C(F)(F)F)CN(c2cc(Cl)ncn2)C1. The van der Waals surface area contributed by atoms with Gasteiger partial charge in [-0.05, 0) is 0 Å². The Morgan fingerprint density at radius 3 is 2.50 bits per heavy atom. The summed E-state index contributed by atoms with van der Waals surface area (Å²) in [7, 11) is 0. The van der Waals surface area contributed by atoms with Gasteiger partial charge in [0.25, 0.3) is 0 Å². The maximum Gasteiger partial charge on any atom is 0.420 e. The maximum absolute atomic E-state index is 12.3. The maximum atomic E-state index is 12.3. The van der Waals surface area contributed by atoms with Crippen LogP contribution in [-0.4, -0.2) is 39.9 Å². The smallest absolute Gasteiger partial charge is 0.378 e. The van der Waals surface area contributed by atoms with Crippen molar-refractivity contribution in [3.05, 3.63) is 17.5 Å². The van der Waals surface area contributed by atoms with E-state index in [2.05, 4.69) is 9.97 Å². The van der Waals surface area contributed by atoms with Crippen molar-refractivity contribution in [2.75, 3.05) is 18.0 Å². The highest BCUT2D eigenvalue weighted by Crippen LogP contribution is 2.39. The van der Waals surface area contributed by atoms with Gasteiger partial charge in [0.2, 0.25) is 0 Å². The summed E-state index contributed by atoms with van der Waals surface area (Å²) in [6.07, 6.45) is -3.47. The summed E-state index contributed by atoms with van der Waals surface area (Å²) < 4.78 is 37.0. The minimum Gasteiger partial charge on any atom is -0.378 e. The minimum absolute atomic E-state index is 0.146. The van der Waals surface area contributed by atoms with Crippen LogP contribution in [0.1, 0.15) is 0 Å². The van der Waals surface area contributed by atoms with Gasteiger partial charge in [-0.3, -0.25) is 0 Å². The summed E-state index contributed by atoms with van der Waals surface area (Å²) in [4.78, 5) is 8.65. The molecule has 16 heavy (non-hydrogen) atoms. The van der Waals surface area contributed by atoms with Crippen LogP contribution < -0.4 is 4.90 Å². The first kappa shape index (κ1) is 11.4. The van der Waals surface area contributed by atoms with E-state index in [4.69, 9.17) is 11.6 Å². The third-order valence-corrected chi connectivity index (χ3v) is 2.58. The molecule has 1 aliphatic heterocycles. The Morgan fingerprint density at radius 1 is 1.38 bits per heavy atom. The van der Waals surface area contributed by atoms with Crippen LogP contribution in [0, 0.1) is 0 Å². The van der Waals surface area contributed by atoms with E-state index < -0.39 is 24.9 Å². The highest BCUT2D eigenvalue weighted by Gasteiger charge is 2.61. The Bertz CT molecular complexity index is 406. The monoisotopic (exact) mass is 253 g/mol. The largest absolute Gasteiger partial charge is 0.420 e. The van der Waals surface area contributed by atoms with Gasteiger partial charge in [-0.2, -0.15) is 13.2 Å². The molecule has 0 aromatic carbocycles. The lowest BCUT2D eigenvalue weighted by Crippen LogP contribution is -2.69. The van der Waals surface area contributed by atoms with E-state index in [-0.39, 0.29) is 11.0 Å². The normalized spacial score (nSPS) is 19.4. The van der Waals surface area contributed by atoms with Crippen molar-refractivity contribution in [3.63, 3.8) is 0 Å². The third-order valence-electron chi connectivity index (χ3n) is 2.38. The summed E-state index contributed by atoms with van der Waals surface area (Å²) in [6, 6.07) is 1.34. The first-order valence-electron chi connectivity index (χ1n) is 4.33. The third kappa shape index (κ3) is 1.80. The molecule has 0 saturated carbocycles. The molecule has 2 heterocycles. The number of anilines is 1. The Morgan fingerprint density at radius 2 is 2.00 bits per heavy atom. The van der Waals surface area contributed by atoms with Gasteiger partial charge in [0.05, 0.1) is 13.1 Å². The average Bonchev–Trinajstić information content (AvgIpc) is 2.11. The fourth-order valence-corrected chi connectivity index (χ4v) is 1.56. The van der Waals surface area contributed by atoms with Crippen molar-refractivity contribution in [3.8, 4) is 0 Å². The fraction of sp³-hybridized carbons (Fsp3) is 0.500. The molecule has 4 nitrogen and oxygen atoms in total. The molecule has 1 N–H and O–H groups in total. The molecule has 0 unspecified atom stereocenters. The Kier molecular flexibility index (Phi) is 2.47. The fourth-order valence-electron chi connectivity index (χ4n) is 1.42. The number of aliphatic hydroxyl groups is 1. The molecule has 2 rings (SSSR count). The predicted octanol–water partition coefficient (Wildman–Crippen LogP) is 1.24. The lowest BCUT2D eigenvalue weighted by Gasteiger charge is -2.47. The molecule has 0 amide bonds. The molecule has 0 atom stereocenters. The topological polar surface area (TPSA) is 49.2 Å². The van der Waals surface area contributed by atoms with E-state index >= 15 is 0 Å². The number of alkyl halides is 3. The molecular weight excluding hydrogens is 247 g/mol. The van der Waals surface area contributed by atoms with E-state index in [0.29, 0.717) is 0 Å². The number of hydrogen-bond donors (Lipinski definition) is 1. The van der Waals surface area contributed by atoms with Crippen LogP contribution in [0.25, 0.3) is 0 Å². The minimum atomic E-state index is -4.62. The zero-order valence-electron chi connectivity index (χ0n) is 7.87. The highest BCUT2D eigenvalue weighted by molar-refractivity contribution is 6.29. The van der Waals surface area contributed by atoms with Crippen molar-refractivity contribution in [2.45, 2.75) is 11.8 Å². The van der Waals surface area contributed by atoms with Gasteiger partial charge in [0.15, 0.2) is 5.60 Å². The molecule has 0 radical (unpaired) electrons. The number of hydrogen-bond acceptors (Lipinski definition) is 4. The van der Waals surface area contributed by atoms with Crippen molar-refractivity contribution < 1.29 is 18.3 Å². The van der Waals surface area contributed by atoms with Gasteiger partial charge in [0.1, 0.15) is 17.3 Å². The lowest BCUT2D eigenvalue weighted by atomic mass is 9.93. The van der Waals surface area contributed by atoms with Crippen LogP contribution in [0.2, 0.25) is 5.15 Å². The highest BCUT2D eigenvalue weighted by atomic mass is 35.5. The number of nitrogens with zero attached hydrogens (tertiary/aromatic N) is 3. The van der Waals surface area contributed by atoms with Crippen LogP contribution in [0.3, 0.4) is 0 Å². The van der Waals surface area contributed by atoms with Gasteiger partial charge in [-0.25, -0.2) is 9.97 Å². The van der Waals surface area contributed by atoms with Crippen molar-refractivity contribution >= 4 is 17.4 Å². The second kappa shape index (κ2) is 3.46. The van der Waals surface area contributed by atoms with E-state index in [1.807, 2.05) is 0 Å². The summed E-state index contributed by atoms with van der Waals surface area (Å²) in [5.74, 6) is 0.272. The number of rotatable bonds is 1. The molecular formula is C8H7ClF3N3O. The number of halogens is 4. The quantitative estimate of drug-likeness (QED) is 0.765. The van der Waals surface area contributed by atoms with Crippen LogP contribution in [0.4, 0.5) is 19.0 Å². The summed E-state index contributed by atoms with van der Waals surface area (Å²) in [5, 5.41) is 9.35. The van der Waals surface area contributed by atoms with Crippen LogP contribution >= 0.6 is 11.6 Å². The van der Waals surface area contributed by atoms with E-state index in [9.17, 15) is 18.3 Å². The second-order valence-electron chi connectivity index (χ2n) is 3.58. The van der Waals surface area contributed by atoms with E-state index in [1.165, 1.54) is 11.0 Å². The van der Waals surface area contributed by atoms with Gasteiger partial charge < -0.3 is 10.0 Å². The second-order valence-corrected chi connectivity index (χ2v) is 3.97. The van der Waals surface area contributed by atoms with Crippen molar-refractivity contribution in [1.29, 1.82) is 0 Å². The van der Waals surface area contributed by atoms with E-state index in [1.54, 1.807) is 0 Å². The Hall–Kier alpha value is -1.08. The van der Waals surface area contributed by atoms with Crippen molar-refractivity contribution in [1.82, 2.24) is 9.97 Å². The molecule has 1 saturated heterocycles. The molecule has 0 bridgehead atoms. The molecule has 1 fully saturated rings. The summed E-state index contributed by atoms with van der Waals surface area (Å²) in [5.41, 5.74) is -2.65. The molecule has 1 aromatic rings. The van der Waals surface area contributed by atoms with Crippen LogP contribution in [0.15, 0.2) is 12.4 Å². The first-order valence-corrected chi connectivity index (χ1v) is 4.71. The van der Waals surface area contributed by atoms with Gasteiger partial charge in [0, 0.05) is 6.07 Å². The molecule has 8 heteroatoms. The van der Waals surface area contributed by atoms with Crippen molar-refractivity contribution in [2.24, 2.45) is 0 Å². The average molecular weight is 254 g/mol. The lowest BCUT2D eigenvalue weighted by molar-refractivity contribution is -0.267. The number of aromatic nitrogens is 2.